The SMILES string of the molecule is CCc1ccc(C(=O)[C@@H](C)OC(=O)c2sc3ccccc3c2Cl)cc1. The summed E-state index contributed by atoms with van der Waals surface area (Å²) in [7, 11) is 0. The number of hydrogen-bond donors (Lipinski definition) is 0. The van der Waals surface area contributed by atoms with E-state index in [4.69, 9.17) is 16.3 Å². The van der Waals surface area contributed by atoms with Crippen molar-refractivity contribution in [1.82, 2.24) is 0 Å². The number of fused-ring (bicyclic) bond motifs is 1. The molecule has 0 saturated heterocycles. The number of ketones is 1. The Morgan fingerprint density at radius 1 is 1.12 bits per heavy atom. The fourth-order valence-electron chi connectivity index (χ4n) is 2.55. The first-order valence-corrected chi connectivity index (χ1v) is 9.22. The van der Waals surface area contributed by atoms with Gasteiger partial charge in [0.1, 0.15) is 4.88 Å². The molecule has 0 amide bonds. The van der Waals surface area contributed by atoms with E-state index >= 15 is 0 Å². The van der Waals surface area contributed by atoms with Gasteiger partial charge in [0.05, 0.1) is 5.02 Å². The number of hydrogen-bond acceptors (Lipinski definition) is 4. The van der Waals surface area contributed by atoms with Gasteiger partial charge in [0.15, 0.2) is 6.10 Å². The Labute approximate surface area is 155 Å². The van der Waals surface area contributed by atoms with Gasteiger partial charge in [-0.15, -0.1) is 11.3 Å². The van der Waals surface area contributed by atoms with Crippen molar-refractivity contribution in [2.75, 3.05) is 0 Å². The molecule has 0 spiro atoms. The zero-order valence-electron chi connectivity index (χ0n) is 13.9. The van der Waals surface area contributed by atoms with E-state index in [1.165, 1.54) is 11.3 Å². The zero-order valence-corrected chi connectivity index (χ0v) is 15.5. The largest absolute Gasteiger partial charge is 0.450 e. The summed E-state index contributed by atoms with van der Waals surface area (Å²) in [5, 5.41) is 1.19. The van der Waals surface area contributed by atoms with Crippen molar-refractivity contribution in [2.45, 2.75) is 26.4 Å². The summed E-state index contributed by atoms with van der Waals surface area (Å²) in [6, 6.07) is 14.8. The van der Waals surface area contributed by atoms with Crippen molar-refractivity contribution < 1.29 is 14.3 Å². The fraction of sp³-hybridized carbons (Fsp3) is 0.200. The molecule has 25 heavy (non-hydrogen) atoms. The topological polar surface area (TPSA) is 43.4 Å². The van der Waals surface area contributed by atoms with Crippen LogP contribution in [-0.4, -0.2) is 17.9 Å². The molecule has 1 aromatic heterocycles. The third-order valence-electron chi connectivity index (χ3n) is 4.02. The smallest absolute Gasteiger partial charge is 0.350 e. The average molecular weight is 373 g/mol. The Hall–Kier alpha value is -2.17. The molecule has 0 fully saturated rings. The van der Waals surface area contributed by atoms with Gasteiger partial charge < -0.3 is 4.74 Å². The normalized spacial score (nSPS) is 12.1. The van der Waals surface area contributed by atoms with Crippen molar-refractivity contribution in [1.29, 1.82) is 0 Å². The Kier molecular flexibility index (Phi) is 5.21. The monoisotopic (exact) mass is 372 g/mol. The highest BCUT2D eigenvalue weighted by atomic mass is 35.5. The lowest BCUT2D eigenvalue weighted by Crippen LogP contribution is -2.24. The molecule has 0 aliphatic carbocycles. The first-order valence-electron chi connectivity index (χ1n) is 8.02. The Balaban J connectivity index is 1.76. The number of Topliss-reactive ketones (excluding diaryl/α,β-unsaturated/α-hetero) is 1. The molecule has 2 aromatic carbocycles. The van der Waals surface area contributed by atoms with E-state index in [1.54, 1.807) is 19.1 Å². The van der Waals surface area contributed by atoms with Gasteiger partial charge in [-0.2, -0.15) is 0 Å². The molecule has 3 rings (SSSR count). The second-order valence-corrected chi connectivity index (χ2v) is 7.13. The summed E-state index contributed by atoms with van der Waals surface area (Å²) in [6.07, 6.45) is 0.0324. The molecule has 0 radical (unpaired) electrons. The first-order chi connectivity index (χ1) is 12.0. The highest BCUT2D eigenvalue weighted by molar-refractivity contribution is 7.21. The van der Waals surface area contributed by atoms with Crippen molar-refractivity contribution in [3.8, 4) is 0 Å². The number of benzene rings is 2. The van der Waals surface area contributed by atoms with Gasteiger partial charge in [-0.1, -0.05) is 61.0 Å². The van der Waals surface area contributed by atoms with Crippen LogP contribution in [-0.2, 0) is 11.2 Å². The van der Waals surface area contributed by atoms with Gasteiger partial charge in [-0.3, -0.25) is 4.79 Å². The predicted molar refractivity (Wildman–Crippen MR) is 102 cm³/mol. The summed E-state index contributed by atoms with van der Waals surface area (Å²) in [5.74, 6) is -0.800. The van der Waals surface area contributed by atoms with Crippen LogP contribution in [0.4, 0.5) is 0 Å². The maximum Gasteiger partial charge on any atom is 0.350 e. The highest BCUT2D eigenvalue weighted by Crippen LogP contribution is 2.35. The number of halogens is 1. The number of carbonyl (C=O) groups is 2. The van der Waals surface area contributed by atoms with Gasteiger partial charge in [0.2, 0.25) is 5.78 Å². The maximum absolute atomic E-state index is 12.5. The van der Waals surface area contributed by atoms with Crippen molar-refractivity contribution in [2.24, 2.45) is 0 Å². The van der Waals surface area contributed by atoms with Gasteiger partial charge in [0, 0.05) is 15.6 Å². The predicted octanol–water partition coefficient (Wildman–Crippen LogP) is 5.55. The van der Waals surface area contributed by atoms with Crippen LogP contribution in [0.5, 0.6) is 0 Å². The molecule has 0 aliphatic heterocycles. The minimum atomic E-state index is -0.874. The zero-order chi connectivity index (χ0) is 18.0. The van der Waals surface area contributed by atoms with Crippen LogP contribution in [0.15, 0.2) is 48.5 Å². The lowest BCUT2D eigenvalue weighted by Gasteiger charge is -2.12. The second kappa shape index (κ2) is 7.38. The standard InChI is InChI=1S/C20H17ClO3S/c1-3-13-8-10-14(11-9-13)18(22)12(2)24-20(23)19-17(21)15-6-4-5-7-16(15)25-19/h4-12H,3H2,1-2H3/t12-/m1/s1. The van der Waals surface area contributed by atoms with E-state index in [-0.39, 0.29) is 5.78 Å². The van der Waals surface area contributed by atoms with Gasteiger partial charge >= 0.3 is 5.97 Å². The van der Waals surface area contributed by atoms with E-state index in [2.05, 4.69) is 6.92 Å². The van der Waals surface area contributed by atoms with Gasteiger partial charge in [-0.05, 0) is 25.0 Å². The molecule has 1 atom stereocenters. The van der Waals surface area contributed by atoms with Crippen LogP contribution >= 0.6 is 22.9 Å². The number of carbonyl (C=O) groups excluding carboxylic acids is 2. The van der Waals surface area contributed by atoms with E-state index < -0.39 is 12.1 Å². The van der Waals surface area contributed by atoms with Crippen LogP contribution in [0, 0.1) is 0 Å². The van der Waals surface area contributed by atoms with E-state index in [0.29, 0.717) is 15.5 Å². The van der Waals surface area contributed by atoms with Gasteiger partial charge in [0.25, 0.3) is 0 Å². The second-order valence-electron chi connectivity index (χ2n) is 5.70. The number of ether oxygens (including phenoxy) is 1. The average Bonchev–Trinajstić information content (AvgIpc) is 2.98. The number of rotatable bonds is 5. The number of thiophene rings is 1. The third kappa shape index (κ3) is 3.60. The molecule has 0 bridgehead atoms. The van der Waals surface area contributed by atoms with Crippen LogP contribution in [0.2, 0.25) is 5.02 Å². The molecule has 0 saturated carbocycles. The Bertz CT molecular complexity index is 928. The van der Waals surface area contributed by atoms with Crippen molar-refractivity contribution in [3.05, 3.63) is 69.6 Å². The quantitative estimate of drug-likeness (QED) is 0.436. The van der Waals surface area contributed by atoms with Crippen LogP contribution in [0.3, 0.4) is 0 Å². The molecule has 0 aliphatic rings. The summed E-state index contributed by atoms with van der Waals surface area (Å²) in [5.41, 5.74) is 1.68. The van der Waals surface area contributed by atoms with Gasteiger partial charge in [-0.25, -0.2) is 4.79 Å². The Morgan fingerprint density at radius 3 is 2.44 bits per heavy atom. The lowest BCUT2D eigenvalue weighted by atomic mass is 10.0. The molecule has 0 unspecified atom stereocenters. The third-order valence-corrected chi connectivity index (χ3v) is 5.68. The first kappa shape index (κ1) is 17.6. The van der Waals surface area contributed by atoms with E-state index in [9.17, 15) is 9.59 Å². The molecule has 128 valence electrons. The molecule has 1 heterocycles. The highest BCUT2D eigenvalue weighted by Gasteiger charge is 2.24. The summed E-state index contributed by atoms with van der Waals surface area (Å²) in [4.78, 5) is 25.2. The summed E-state index contributed by atoms with van der Waals surface area (Å²) >= 11 is 7.56. The molecular weight excluding hydrogens is 356 g/mol. The lowest BCUT2D eigenvalue weighted by molar-refractivity contribution is 0.0324. The molecular formula is C20H17ClO3S. The molecule has 3 nitrogen and oxygen atoms in total. The number of aryl methyl sites for hydroxylation is 1. The maximum atomic E-state index is 12.5. The van der Waals surface area contributed by atoms with E-state index in [0.717, 1.165) is 22.1 Å². The Morgan fingerprint density at radius 2 is 1.80 bits per heavy atom. The molecule has 5 heteroatoms. The number of esters is 1. The molecule has 3 aromatic rings. The van der Waals surface area contributed by atoms with Crippen molar-refractivity contribution >= 4 is 44.8 Å². The fourth-order valence-corrected chi connectivity index (χ4v) is 3.94. The molecule has 0 N–H and O–H groups in total. The summed E-state index contributed by atoms with van der Waals surface area (Å²) < 4.78 is 6.27. The summed E-state index contributed by atoms with van der Waals surface area (Å²) in [6.45, 7) is 3.63. The van der Waals surface area contributed by atoms with Crippen LogP contribution in [0.25, 0.3) is 10.1 Å². The van der Waals surface area contributed by atoms with Crippen LogP contribution < -0.4 is 0 Å². The minimum Gasteiger partial charge on any atom is -0.450 e. The van der Waals surface area contributed by atoms with Crippen molar-refractivity contribution in [3.63, 3.8) is 0 Å². The van der Waals surface area contributed by atoms with Crippen LogP contribution in [0.1, 0.15) is 39.4 Å². The minimum absolute atomic E-state index is 0.228. The van der Waals surface area contributed by atoms with E-state index in [1.807, 2.05) is 36.4 Å².